The zero-order valence-corrected chi connectivity index (χ0v) is 20.4. The molecule has 7 nitrogen and oxygen atoms in total. The van der Waals surface area contributed by atoms with E-state index < -0.39 is 0 Å². The summed E-state index contributed by atoms with van der Waals surface area (Å²) in [7, 11) is 3.43. The van der Waals surface area contributed by atoms with Gasteiger partial charge in [-0.05, 0) is 54.7 Å². The van der Waals surface area contributed by atoms with Gasteiger partial charge in [-0.1, -0.05) is 18.2 Å². The third kappa shape index (κ3) is 6.21. The van der Waals surface area contributed by atoms with Crippen LogP contribution in [0.3, 0.4) is 0 Å². The lowest BCUT2D eigenvalue weighted by Gasteiger charge is -2.37. The van der Waals surface area contributed by atoms with Gasteiger partial charge in [-0.25, -0.2) is 0 Å². The van der Waals surface area contributed by atoms with E-state index in [1.54, 1.807) is 14.2 Å². The molecule has 34 heavy (non-hydrogen) atoms. The molecule has 0 spiro atoms. The van der Waals surface area contributed by atoms with E-state index in [1.165, 1.54) is 5.56 Å². The van der Waals surface area contributed by atoms with E-state index in [1.807, 2.05) is 12.1 Å². The number of benzene rings is 2. The highest BCUT2D eigenvalue weighted by atomic mass is 16.5. The van der Waals surface area contributed by atoms with Crippen molar-refractivity contribution in [2.45, 2.75) is 43.9 Å². The van der Waals surface area contributed by atoms with Gasteiger partial charge >= 0.3 is 0 Å². The quantitative estimate of drug-likeness (QED) is 0.488. The number of anilines is 1. The number of nitrogens with zero attached hydrogens (tertiary/aromatic N) is 1. The van der Waals surface area contributed by atoms with Crippen LogP contribution >= 0.6 is 0 Å². The van der Waals surface area contributed by atoms with Crippen LogP contribution < -0.4 is 19.7 Å². The molecule has 0 radical (unpaired) electrons. The van der Waals surface area contributed by atoms with Crippen molar-refractivity contribution in [3.05, 3.63) is 53.6 Å². The largest absolute Gasteiger partial charge is 0.497 e. The maximum Gasteiger partial charge on any atom is 0.142 e. The van der Waals surface area contributed by atoms with E-state index in [4.69, 9.17) is 18.9 Å². The monoisotopic (exact) mass is 470 g/mol. The van der Waals surface area contributed by atoms with Crippen LogP contribution in [-0.2, 0) is 16.1 Å². The Bertz CT molecular complexity index is 891. The Hall–Kier alpha value is -2.32. The fraction of sp³-hybridized carbons (Fsp3) is 0.556. The molecule has 186 valence electrons. The third-order valence-corrected chi connectivity index (χ3v) is 6.84. The molecule has 0 bridgehead atoms. The van der Waals surface area contributed by atoms with Crippen molar-refractivity contribution >= 4 is 5.69 Å². The summed E-state index contributed by atoms with van der Waals surface area (Å²) in [5.74, 6) is 2.05. The van der Waals surface area contributed by atoms with Gasteiger partial charge in [0.2, 0.25) is 0 Å². The molecule has 2 N–H and O–H groups in total. The lowest BCUT2D eigenvalue weighted by molar-refractivity contribution is 0.00111. The molecule has 3 atom stereocenters. The number of aliphatic hydroxyl groups is 1. The molecule has 2 heterocycles. The first-order valence-corrected chi connectivity index (χ1v) is 12.3. The summed E-state index contributed by atoms with van der Waals surface area (Å²) >= 11 is 0. The summed E-state index contributed by atoms with van der Waals surface area (Å²) in [6, 6.07) is 14.9. The smallest absolute Gasteiger partial charge is 0.142 e. The average molecular weight is 471 g/mol. The summed E-state index contributed by atoms with van der Waals surface area (Å²) in [6.07, 6.45) is 2.72. The second-order valence-corrected chi connectivity index (χ2v) is 9.07. The van der Waals surface area contributed by atoms with E-state index in [-0.39, 0.29) is 18.6 Å². The molecule has 0 amide bonds. The number of aliphatic hydroxyl groups excluding tert-OH is 1. The van der Waals surface area contributed by atoms with Crippen molar-refractivity contribution in [3.63, 3.8) is 0 Å². The van der Waals surface area contributed by atoms with Crippen LogP contribution in [0, 0.1) is 0 Å². The maximum atomic E-state index is 9.44. The van der Waals surface area contributed by atoms with Gasteiger partial charge in [-0.3, -0.25) is 0 Å². The van der Waals surface area contributed by atoms with Gasteiger partial charge in [0.05, 0.1) is 32.1 Å². The molecule has 0 aliphatic carbocycles. The van der Waals surface area contributed by atoms with E-state index in [2.05, 4.69) is 40.5 Å². The Kier molecular flexibility index (Phi) is 9.04. The van der Waals surface area contributed by atoms with Gasteiger partial charge in [0.15, 0.2) is 0 Å². The predicted octanol–water partition coefficient (Wildman–Crippen LogP) is 3.34. The average Bonchev–Trinajstić information content (AvgIpc) is 2.88. The van der Waals surface area contributed by atoms with Gasteiger partial charge in [0.1, 0.15) is 18.1 Å². The third-order valence-electron chi connectivity index (χ3n) is 6.84. The normalized spacial score (nSPS) is 22.2. The van der Waals surface area contributed by atoms with Crippen molar-refractivity contribution in [1.29, 1.82) is 0 Å². The summed E-state index contributed by atoms with van der Waals surface area (Å²) in [5.41, 5.74) is 3.53. The zero-order chi connectivity index (χ0) is 23.8. The second kappa shape index (κ2) is 12.4. The number of fused-ring (bicyclic) bond motifs is 1. The van der Waals surface area contributed by atoms with Gasteiger partial charge in [-0.15, -0.1) is 0 Å². The summed E-state index contributed by atoms with van der Waals surface area (Å²) in [4.78, 5) is 2.38. The van der Waals surface area contributed by atoms with Gasteiger partial charge < -0.3 is 34.3 Å². The number of nitrogens with one attached hydrogen (secondary N) is 1. The highest BCUT2D eigenvalue weighted by Gasteiger charge is 2.32. The zero-order valence-electron chi connectivity index (χ0n) is 20.4. The molecule has 2 aromatic rings. The maximum absolute atomic E-state index is 9.44. The topological polar surface area (TPSA) is 72.4 Å². The standard InChI is InChI=1S/C27H38N2O5/c1-31-14-3-11-29-12-15-33-26-9-4-20(16-25(26)29)19-34-27-18-28-22(10-13-30)17-24(27)21-5-7-23(32-2)8-6-21/h4-9,16,22,24,27-28,30H,3,10-15,17-19H2,1-2H3/t22-,24-,27+/m1/s1. The van der Waals surface area contributed by atoms with Crippen LogP contribution in [0.25, 0.3) is 0 Å². The molecule has 0 saturated carbocycles. The number of hydrogen-bond donors (Lipinski definition) is 2. The van der Waals surface area contributed by atoms with Crippen LogP contribution in [0.15, 0.2) is 42.5 Å². The van der Waals surface area contributed by atoms with E-state index in [0.29, 0.717) is 19.3 Å². The van der Waals surface area contributed by atoms with E-state index in [9.17, 15) is 5.11 Å². The minimum absolute atomic E-state index is 0.0495. The van der Waals surface area contributed by atoms with Gasteiger partial charge in [0, 0.05) is 45.4 Å². The molecule has 0 aromatic heterocycles. The molecular formula is C27H38N2O5. The van der Waals surface area contributed by atoms with Crippen LogP contribution in [0.4, 0.5) is 5.69 Å². The van der Waals surface area contributed by atoms with Crippen LogP contribution in [-0.4, -0.2) is 70.9 Å². The molecule has 2 aliphatic rings. The fourth-order valence-corrected chi connectivity index (χ4v) is 4.96. The summed E-state index contributed by atoms with van der Waals surface area (Å²) in [5, 5.41) is 13.0. The van der Waals surface area contributed by atoms with Crippen molar-refractivity contribution in [3.8, 4) is 11.5 Å². The Morgan fingerprint density at radius 3 is 2.76 bits per heavy atom. The Balaban J connectivity index is 1.44. The molecule has 2 aliphatic heterocycles. The number of methoxy groups -OCH3 is 2. The summed E-state index contributed by atoms with van der Waals surface area (Å²) < 4.78 is 23.0. The molecule has 1 saturated heterocycles. The van der Waals surface area contributed by atoms with Crippen LogP contribution in [0.2, 0.25) is 0 Å². The van der Waals surface area contributed by atoms with E-state index >= 15 is 0 Å². The highest BCUT2D eigenvalue weighted by Crippen LogP contribution is 2.35. The van der Waals surface area contributed by atoms with E-state index in [0.717, 1.165) is 68.3 Å². The first-order chi connectivity index (χ1) is 16.7. The molecule has 1 fully saturated rings. The highest BCUT2D eigenvalue weighted by molar-refractivity contribution is 5.61. The SMILES string of the molecule is COCCCN1CCOc2ccc(CO[C@H]3CN[C@H](CCO)C[C@@H]3c3ccc(OC)cc3)cc21. The Morgan fingerprint density at radius 2 is 2.00 bits per heavy atom. The van der Waals surface area contributed by atoms with Crippen molar-refractivity contribution in [2.75, 3.05) is 58.6 Å². The Morgan fingerprint density at radius 1 is 1.15 bits per heavy atom. The predicted molar refractivity (Wildman–Crippen MR) is 133 cm³/mol. The molecule has 4 rings (SSSR count). The van der Waals surface area contributed by atoms with Crippen LogP contribution in [0.5, 0.6) is 11.5 Å². The van der Waals surface area contributed by atoms with Crippen molar-refractivity contribution < 1.29 is 24.1 Å². The molecule has 7 heteroatoms. The number of ether oxygens (including phenoxy) is 4. The number of piperidine rings is 1. The van der Waals surface area contributed by atoms with Gasteiger partial charge in [-0.2, -0.15) is 0 Å². The van der Waals surface area contributed by atoms with Crippen molar-refractivity contribution in [1.82, 2.24) is 5.32 Å². The summed E-state index contributed by atoms with van der Waals surface area (Å²) in [6.45, 7) is 4.81. The Labute approximate surface area is 203 Å². The first-order valence-electron chi connectivity index (χ1n) is 12.3. The second-order valence-electron chi connectivity index (χ2n) is 9.07. The first kappa shape index (κ1) is 24.8. The minimum atomic E-state index is 0.0495. The molecule has 2 aromatic carbocycles. The fourth-order valence-electron chi connectivity index (χ4n) is 4.96. The molecular weight excluding hydrogens is 432 g/mol. The number of rotatable bonds is 11. The van der Waals surface area contributed by atoms with Gasteiger partial charge in [0.25, 0.3) is 0 Å². The van der Waals surface area contributed by atoms with Crippen LogP contribution in [0.1, 0.15) is 36.3 Å². The lowest BCUT2D eigenvalue weighted by Crippen LogP contribution is -2.47. The number of hydrogen-bond acceptors (Lipinski definition) is 7. The molecule has 0 unspecified atom stereocenters. The minimum Gasteiger partial charge on any atom is -0.497 e. The lowest BCUT2D eigenvalue weighted by atomic mass is 9.83. The van der Waals surface area contributed by atoms with Crippen molar-refractivity contribution in [2.24, 2.45) is 0 Å².